The zero-order valence-corrected chi connectivity index (χ0v) is 5.72. The Bertz CT molecular complexity index is 301. The van der Waals surface area contributed by atoms with Crippen LogP contribution >= 0.6 is 0 Å². The molecule has 0 aromatic rings. The van der Waals surface area contributed by atoms with Gasteiger partial charge in [-0.05, 0) is 18.1 Å². The standard InChI is InChI=1S/C10H8/c1-2-6-9(5-1)10-7-3-4-8-10/h1-3,5H,6-7H2. The molecular formula is C10H8. The van der Waals surface area contributed by atoms with Crippen LogP contribution in [0.3, 0.4) is 0 Å². The van der Waals surface area contributed by atoms with Gasteiger partial charge in [0.2, 0.25) is 0 Å². The highest BCUT2D eigenvalue weighted by Gasteiger charge is 2.05. The molecule has 0 aromatic heterocycles. The molecule has 0 aromatic carbocycles. The van der Waals surface area contributed by atoms with Gasteiger partial charge in [0.25, 0.3) is 0 Å². The van der Waals surface area contributed by atoms with Crippen molar-refractivity contribution in [3.63, 3.8) is 0 Å². The molecule has 2 rings (SSSR count). The molecule has 0 unspecified atom stereocenters. The van der Waals surface area contributed by atoms with Gasteiger partial charge in [0, 0.05) is 12.0 Å². The molecule has 0 heterocycles. The van der Waals surface area contributed by atoms with Crippen molar-refractivity contribution in [1.29, 1.82) is 0 Å². The predicted octanol–water partition coefficient (Wildman–Crippen LogP) is 2.51. The maximum atomic E-state index is 3.10. The highest BCUT2D eigenvalue weighted by Crippen LogP contribution is 2.23. The fourth-order valence-corrected chi connectivity index (χ4v) is 1.22. The smallest absolute Gasteiger partial charge is 0.0103 e. The summed E-state index contributed by atoms with van der Waals surface area (Å²) in [4.78, 5) is 0. The molecular weight excluding hydrogens is 120 g/mol. The highest BCUT2D eigenvalue weighted by atomic mass is 14.1. The van der Waals surface area contributed by atoms with Crippen LogP contribution in [-0.4, -0.2) is 0 Å². The van der Waals surface area contributed by atoms with Gasteiger partial charge in [-0.15, -0.1) is 0 Å². The fraction of sp³-hybridized carbons (Fsp3) is 0.200. The first kappa shape index (κ1) is 5.56. The van der Waals surface area contributed by atoms with Crippen molar-refractivity contribution in [2.45, 2.75) is 12.8 Å². The Morgan fingerprint density at radius 2 is 2.30 bits per heavy atom. The van der Waals surface area contributed by atoms with E-state index in [0.717, 1.165) is 12.8 Å². The topological polar surface area (TPSA) is 0 Å². The first-order valence-electron chi connectivity index (χ1n) is 3.52. The Kier molecular flexibility index (Phi) is 1.22. The van der Waals surface area contributed by atoms with Crippen molar-refractivity contribution < 1.29 is 0 Å². The van der Waals surface area contributed by atoms with Crippen LogP contribution in [-0.2, 0) is 0 Å². The third kappa shape index (κ3) is 0.804. The van der Waals surface area contributed by atoms with Crippen LogP contribution in [0.2, 0.25) is 0 Å². The molecule has 0 saturated heterocycles. The van der Waals surface area contributed by atoms with Gasteiger partial charge in [0.15, 0.2) is 0 Å². The molecule has 2 aliphatic rings. The largest absolute Gasteiger partial charge is 0.0801 e. The van der Waals surface area contributed by atoms with Gasteiger partial charge in [-0.1, -0.05) is 29.7 Å². The summed E-state index contributed by atoms with van der Waals surface area (Å²) in [5.41, 5.74) is 8.78. The second-order valence-corrected chi connectivity index (χ2v) is 2.48. The molecule has 0 amide bonds. The first-order valence-corrected chi connectivity index (χ1v) is 3.52. The van der Waals surface area contributed by atoms with E-state index in [1.54, 1.807) is 0 Å². The number of rotatable bonds is 1. The van der Waals surface area contributed by atoms with Crippen LogP contribution < -0.4 is 0 Å². The van der Waals surface area contributed by atoms with E-state index >= 15 is 0 Å². The summed E-state index contributed by atoms with van der Waals surface area (Å²) < 4.78 is 0. The van der Waals surface area contributed by atoms with E-state index in [1.807, 2.05) is 6.08 Å². The van der Waals surface area contributed by atoms with E-state index in [2.05, 4.69) is 29.7 Å². The van der Waals surface area contributed by atoms with Crippen LogP contribution in [0.4, 0.5) is 0 Å². The van der Waals surface area contributed by atoms with E-state index in [-0.39, 0.29) is 0 Å². The summed E-state index contributed by atoms with van der Waals surface area (Å²) in [6.07, 6.45) is 10.5. The summed E-state index contributed by atoms with van der Waals surface area (Å²) in [7, 11) is 0. The van der Waals surface area contributed by atoms with E-state index in [4.69, 9.17) is 0 Å². The van der Waals surface area contributed by atoms with Gasteiger partial charge in [0.05, 0.1) is 0 Å². The summed E-state index contributed by atoms with van der Waals surface area (Å²) in [6, 6.07) is 0. The van der Waals surface area contributed by atoms with Crippen LogP contribution in [0, 0.1) is 0 Å². The second kappa shape index (κ2) is 2.19. The van der Waals surface area contributed by atoms with Gasteiger partial charge < -0.3 is 0 Å². The minimum atomic E-state index is 1.02. The summed E-state index contributed by atoms with van der Waals surface area (Å²) in [5.74, 6) is 0. The molecule has 0 N–H and O–H groups in total. The average molecular weight is 128 g/mol. The Balaban J connectivity index is 2.30. The van der Waals surface area contributed by atoms with Gasteiger partial charge in [-0.2, -0.15) is 0 Å². The number of hydrogen-bond donors (Lipinski definition) is 0. The Labute approximate surface area is 60.6 Å². The van der Waals surface area contributed by atoms with Gasteiger partial charge >= 0.3 is 0 Å². The minimum absolute atomic E-state index is 1.02. The highest BCUT2D eigenvalue weighted by molar-refractivity contribution is 5.41. The summed E-state index contributed by atoms with van der Waals surface area (Å²) in [5, 5.41) is 0. The Morgan fingerprint density at radius 3 is 2.90 bits per heavy atom. The number of hydrogen-bond acceptors (Lipinski definition) is 0. The molecule has 0 radical (unpaired) electrons. The maximum absolute atomic E-state index is 3.10. The summed E-state index contributed by atoms with van der Waals surface area (Å²) in [6.45, 7) is 0. The van der Waals surface area contributed by atoms with Crippen molar-refractivity contribution in [2.24, 2.45) is 0 Å². The third-order valence-corrected chi connectivity index (χ3v) is 1.79. The quantitative estimate of drug-likeness (QED) is 0.476. The average Bonchev–Trinajstić information content (AvgIpc) is 2.59. The van der Waals surface area contributed by atoms with E-state index in [1.165, 1.54) is 11.1 Å². The van der Waals surface area contributed by atoms with Crippen LogP contribution in [0.5, 0.6) is 0 Å². The molecule has 0 fully saturated rings. The molecule has 10 heavy (non-hydrogen) atoms. The first-order chi connectivity index (χ1) is 4.97. The SMILES string of the molecule is C1=C=C(C2=CC=CC2)CC=1. The molecule has 0 saturated carbocycles. The van der Waals surface area contributed by atoms with Crippen molar-refractivity contribution in [3.05, 3.63) is 46.9 Å². The third-order valence-electron chi connectivity index (χ3n) is 1.79. The lowest BCUT2D eigenvalue weighted by molar-refractivity contribution is 1.18. The van der Waals surface area contributed by atoms with Gasteiger partial charge in [0.1, 0.15) is 0 Å². The summed E-state index contributed by atoms with van der Waals surface area (Å²) >= 11 is 0. The van der Waals surface area contributed by atoms with Gasteiger partial charge in [-0.3, -0.25) is 0 Å². The Hall–Kier alpha value is -1.22. The minimum Gasteiger partial charge on any atom is -0.0801 e. The van der Waals surface area contributed by atoms with Crippen molar-refractivity contribution in [3.8, 4) is 0 Å². The lowest BCUT2D eigenvalue weighted by atomic mass is 10.1. The lowest BCUT2D eigenvalue weighted by Gasteiger charge is -1.97. The molecule has 0 heteroatoms. The van der Waals surface area contributed by atoms with E-state index in [9.17, 15) is 0 Å². The predicted molar refractivity (Wildman–Crippen MR) is 41.6 cm³/mol. The lowest BCUT2D eigenvalue weighted by Crippen LogP contribution is -1.80. The molecule has 0 spiro atoms. The van der Waals surface area contributed by atoms with Crippen molar-refractivity contribution in [1.82, 2.24) is 0 Å². The van der Waals surface area contributed by atoms with Gasteiger partial charge in [-0.25, -0.2) is 0 Å². The second-order valence-electron chi connectivity index (χ2n) is 2.48. The van der Waals surface area contributed by atoms with Crippen molar-refractivity contribution in [2.75, 3.05) is 0 Å². The molecule has 0 atom stereocenters. The maximum Gasteiger partial charge on any atom is 0.0103 e. The molecule has 0 bridgehead atoms. The van der Waals surface area contributed by atoms with Crippen LogP contribution in [0.25, 0.3) is 0 Å². The van der Waals surface area contributed by atoms with E-state index in [0.29, 0.717) is 0 Å². The molecule has 48 valence electrons. The monoisotopic (exact) mass is 128 g/mol. The molecule has 0 nitrogen and oxygen atoms in total. The Morgan fingerprint density at radius 1 is 1.30 bits per heavy atom. The molecule has 0 aliphatic heterocycles. The molecule has 2 aliphatic carbocycles. The van der Waals surface area contributed by atoms with Crippen LogP contribution in [0.15, 0.2) is 46.9 Å². The zero-order chi connectivity index (χ0) is 6.81. The van der Waals surface area contributed by atoms with Crippen LogP contribution in [0.1, 0.15) is 12.8 Å². The number of allylic oxidation sites excluding steroid dienone is 6. The normalized spacial score (nSPS) is 20.0. The van der Waals surface area contributed by atoms with E-state index < -0.39 is 0 Å². The van der Waals surface area contributed by atoms with Crippen molar-refractivity contribution >= 4 is 0 Å². The zero-order valence-electron chi connectivity index (χ0n) is 5.72. The fourth-order valence-electron chi connectivity index (χ4n) is 1.22.